The summed E-state index contributed by atoms with van der Waals surface area (Å²) in [5.41, 5.74) is 6.58. The molecule has 7 heteroatoms. The zero-order valence-electron chi connectivity index (χ0n) is 15.1. The van der Waals surface area contributed by atoms with Gasteiger partial charge >= 0.3 is 0 Å². The van der Waals surface area contributed by atoms with Gasteiger partial charge in [0.25, 0.3) is 0 Å². The molecule has 4 rings (SSSR count). The average molecular weight is 345 g/mol. The lowest BCUT2D eigenvalue weighted by Crippen LogP contribution is -2.32. The molecule has 3 aromatic rings. The zero-order chi connectivity index (χ0) is 18.3. The molecule has 0 aliphatic carbocycles. The number of nitrogens with zero attached hydrogens (tertiary/aromatic N) is 7. The summed E-state index contributed by atoms with van der Waals surface area (Å²) < 4.78 is 1.77. The van der Waals surface area contributed by atoms with Gasteiger partial charge in [-0.05, 0) is 37.0 Å². The van der Waals surface area contributed by atoms with Crippen LogP contribution in [0, 0.1) is 25.2 Å². The molecule has 0 aromatic carbocycles. The minimum Gasteiger partial charge on any atom is -0.336 e. The van der Waals surface area contributed by atoms with Crippen molar-refractivity contribution in [3.8, 4) is 17.3 Å². The van der Waals surface area contributed by atoms with Crippen LogP contribution in [-0.2, 0) is 20.0 Å². The number of fused-ring (bicyclic) bond motifs is 1. The largest absolute Gasteiger partial charge is 0.336 e. The molecule has 0 unspecified atom stereocenters. The van der Waals surface area contributed by atoms with Crippen LogP contribution in [0.5, 0.6) is 0 Å². The van der Waals surface area contributed by atoms with E-state index >= 15 is 0 Å². The average Bonchev–Trinajstić information content (AvgIpc) is 3.08. The lowest BCUT2D eigenvalue weighted by molar-refractivity contribution is 0.701. The number of rotatable bonds is 2. The molecule has 130 valence electrons. The van der Waals surface area contributed by atoms with E-state index in [9.17, 15) is 5.26 Å². The first-order valence-electron chi connectivity index (χ1n) is 8.52. The smallest absolute Gasteiger partial charge is 0.226 e. The van der Waals surface area contributed by atoms with Crippen molar-refractivity contribution >= 4 is 5.95 Å². The van der Waals surface area contributed by atoms with Gasteiger partial charge in [0.1, 0.15) is 6.07 Å². The molecule has 0 atom stereocenters. The van der Waals surface area contributed by atoms with Crippen molar-refractivity contribution in [3.63, 3.8) is 0 Å². The summed E-state index contributed by atoms with van der Waals surface area (Å²) in [6, 6.07) is 2.30. The van der Waals surface area contributed by atoms with E-state index in [0.717, 1.165) is 46.6 Å². The van der Waals surface area contributed by atoms with Crippen molar-refractivity contribution in [3.05, 3.63) is 52.7 Å². The predicted molar refractivity (Wildman–Crippen MR) is 97.4 cm³/mol. The second-order valence-corrected chi connectivity index (χ2v) is 6.61. The Morgan fingerprint density at radius 2 is 2.00 bits per heavy atom. The topological polar surface area (TPSA) is 83.5 Å². The molecule has 3 aromatic heterocycles. The van der Waals surface area contributed by atoms with Crippen molar-refractivity contribution in [1.82, 2.24) is 24.7 Å². The number of aromatic nitrogens is 5. The molecule has 1 aliphatic heterocycles. The van der Waals surface area contributed by atoms with E-state index in [4.69, 9.17) is 4.98 Å². The summed E-state index contributed by atoms with van der Waals surface area (Å²) in [5, 5.41) is 13.7. The fourth-order valence-corrected chi connectivity index (χ4v) is 3.39. The van der Waals surface area contributed by atoms with Crippen molar-refractivity contribution in [2.75, 3.05) is 11.4 Å². The van der Waals surface area contributed by atoms with Gasteiger partial charge in [0.2, 0.25) is 5.95 Å². The van der Waals surface area contributed by atoms with Gasteiger partial charge in [0.05, 0.1) is 23.1 Å². The summed E-state index contributed by atoms with van der Waals surface area (Å²) in [6.45, 7) is 5.32. The maximum absolute atomic E-state index is 9.42. The van der Waals surface area contributed by atoms with Gasteiger partial charge in [-0.25, -0.2) is 9.97 Å². The number of aryl methyl sites for hydroxylation is 3. The number of nitriles is 1. The molecular formula is C19H19N7. The SMILES string of the molecule is Cc1cnc(N2CCc3c(cnc(C)c3C#N)C2)nc1-c1cnn(C)c1. The maximum atomic E-state index is 9.42. The molecule has 0 N–H and O–H groups in total. The van der Waals surface area contributed by atoms with Crippen LogP contribution in [0.25, 0.3) is 11.3 Å². The molecule has 0 radical (unpaired) electrons. The Morgan fingerprint density at radius 3 is 2.73 bits per heavy atom. The Hall–Kier alpha value is -3.27. The number of anilines is 1. The Balaban J connectivity index is 1.69. The van der Waals surface area contributed by atoms with Crippen LogP contribution in [0.1, 0.15) is 27.9 Å². The molecule has 1 aliphatic rings. The van der Waals surface area contributed by atoms with Crippen molar-refractivity contribution in [1.29, 1.82) is 5.26 Å². The van der Waals surface area contributed by atoms with E-state index in [-0.39, 0.29) is 0 Å². The van der Waals surface area contributed by atoms with E-state index in [0.29, 0.717) is 18.1 Å². The second-order valence-electron chi connectivity index (χ2n) is 6.61. The summed E-state index contributed by atoms with van der Waals surface area (Å²) >= 11 is 0. The number of hydrogen-bond acceptors (Lipinski definition) is 6. The van der Waals surface area contributed by atoms with Crippen LogP contribution in [-0.4, -0.2) is 31.3 Å². The monoisotopic (exact) mass is 345 g/mol. The molecule has 0 spiro atoms. The Labute approximate surface area is 152 Å². The lowest BCUT2D eigenvalue weighted by atomic mass is 9.96. The van der Waals surface area contributed by atoms with E-state index in [1.54, 1.807) is 4.68 Å². The van der Waals surface area contributed by atoms with Crippen LogP contribution < -0.4 is 4.90 Å². The minimum absolute atomic E-state index is 0.660. The zero-order valence-corrected chi connectivity index (χ0v) is 15.1. The second kappa shape index (κ2) is 6.23. The first kappa shape index (κ1) is 16.2. The van der Waals surface area contributed by atoms with Gasteiger partial charge in [-0.3, -0.25) is 9.67 Å². The summed E-state index contributed by atoms with van der Waals surface area (Å²) in [7, 11) is 1.89. The molecule has 7 nitrogen and oxygen atoms in total. The molecule has 0 saturated carbocycles. The first-order valence-corrected chi connectivity index (χ1v) is 8.52. The minimum atomic E-state index is 0.660. The van der Waals surface area contributed by atoms with E-state index in [2.05, 4.69) is 26.0 Å². The number of pyridine rings is 1. The van der Waals surface area contributed by atoms with Gasteiger partial charge in [-0.1, -0.05) is 0 Å². The van der Waals surface area contributed by atoms with Crippen molar-refractivity contribution in [2.24, 2.45) is 7.05 Å². The third kappa shape index (κ3) is 2.69. The lowest BCUT2D eigenvalue weighted by Gasteiger charge is -2.29. The Kier molecular flexibility index (Phi) is 3.88. The van der Waals surface area contributed by atoms with Crippen LogP contribution in [0.4, 0.5) is 5.95 Å². The van der Waals surface area contributed by atoms with Crippen molar-refractivity contribution < 1.29 is 0 Å². The third-order valence-electron chi connectivity index (χ3n) is 4.79. The predicted octanol–water partition coefficient (Wildman–Crippen LogP) is 2.32. The Bertz CT molecular complexity index is 1030. The molecule has 0 amide bonds. The number of hydrogen-bond donors (Lipinski definition) is 0. The quantitative estimate of drug-likeness (QED) is 0.709. The summed E-state index contributed by atoms with van der Waals surface area (Å²) in [5.74, 6) is 0.694. The van der Waals surface area contributed by atoms with Crippen LogP contribution in [0.15, 0.2) is 24.8 Å². The molecular weight excluding hydrogens is 326 g/mol. The highest BCUT2D eigenvalue weighted by atomic mass is 15.3. The highest BCUT2D eigenvalue weighted by Gasteiger charge is 2.23. The van der Waals surface area contributed by atoms with E-state index < -0.39 is 0 Å². The highest BCUT2D eigenvalue weighted by Crippen LogP contribution is 2.27. The molecule has 0 fully saturated rings. The van der Waals surface area contributed by atoms with Crippen LogP contribution in [0.2, 0.25) is 0 Å². The van der Waals surface area contributed by atoms with Gasteiger partial charge in [0, 0.05) is 44.3 Å². The molecule has 0 saturated heterocycles. The van der Waals surface area contributed by atoms with E-state index in [1.165, 1.54) is 0 Å². The van der Waals surface area contributed by atoms with Crippen LogP contribution in [0.3, 0.4) is 0 Å². The van der Waals surface area contributed by atoms with Gasteiger partial charge in [-0.15, -0.1) is 0 Å². The van der Waals surface area contributed by atoms with Gasteiger partial charge < -0.3 is 4.90 Å². The maximum Gasteiger partial charge on any atom is 0.226 e. The third-order valence-corrected chi connectivity index (χ3v) is 4.79. The first-order chi connectivity index (χ1) is 12.6. The molecule has 26 heavy (non-hydrogen) atoms. The molecule has 0 bridgehead atoms. The standard InChI is InChI=1S/C19H19N7/c1-12-7-22-19(24-18(12)15-9-23-25(3)10-15)26-5-4-16-14(11-26)8-21-13(2)17(16)6-20/h7-10H,4-5,11H2,1-3H3. The highest BCUT2D eigenvalue weighted by molar-refractivity contribution is 5.62. The Morgan fingerprint density at radius 1 is 1.15 bits per heavy atom. The fourth-order valence-electron chi connectivity index (χ4n) is 3.39. The summed E-state index contributed by atoms with van der Waals surface area (Å²) in [6.07, 6.45) is 8.29. The van der Waals surface area contributed by atoms with Crippen molar-refractivity contribution in [2.45, 2.75) is 26.8 Å². The normalized spacial score (nSPS) is 13.4. The summed E-state index contributed by atoms with van der Waals surface area (Å²) in [4.78, 5) is 15.8. The van der Waals surface area contributed by atoms with Gasteiger partial charge in [-0.2, -0.15) is 10.4 Å². The van der Waals surface area contributed by atoms with E-state index in [1.807, 2.05) is 45.7 Å². The van der Waals surface area contributed by atoms with Gasteiger partial charge in [0.15, 0.2) is 0 Å². The fraction of sp³-hybridized carbons (Fsp3) is 0.316. The molecule has 4 heterocycles. The van der Waals surface area contributed by atoms with Crippen LogP contribution >= 0.6 is 0 Å².